The summed E-state index contributed by atoms with van der Waals surface area (Å²) in [4.78, 5) is 15.6. The summed E-state index contributed by atoms with van der Waals surface area (Å²) in [7, 11) is 0. The summed E-state index contributed by atoms with van der Waals surface area (Å²) in [5.74, 6) is 0. The molecule has 0 aliphatic carbocycles. The number of carbonyl (C=O) groups excluding carboxylic acids is 1. The first kappa shape index (κ1) is 12.1. The molecule has 0 radical (unpaired) electrons. The highest BCUT2D eigenvalue weighted by atomic mass is 16.2. The molecule has 0 saturated carbocycles. The second-order valence-electron chi connectivity index (χ2n) is 3.87. The molecule has 0 atom stereocenters. The SMILES string of the molecule is CCc1ccc(NC(=O)Nc2cccnc2)cc1. The molecule has 0 spiro atoms. The summed E-state index contributed by atoms with van der Waals surface area (Å²) in [6.07, 6.45) is 4.24. The molecule has 18 heavy (non-hydrogen) atoms. The lowest BCUT2D eigenvalue weighted by Gasteiger charge is -2.07. The maximum absolute atomic E-state index is 11.7. The number of amides is 2. The van der Waals surface area contributed by atoms with Gasteiger partial charge in [-0.1, -0.05) is 19.1 Å². The fourth-order valence-corrected chi connectivity index (χ4v) is 1.55. The van der Waals surface area contributed by atoms with E-state index in [0.29, 0.717) is 5.69 Å². The van der Waals surface area contributed by atoms with E-state index < -0.39 is 0 Å². The van der Waals surface area contributed by atoms with Crippen molar-refractivity contribution in [3.8, 4) is 0 Å². The van der Waals surface area contributed by atoms with E-state index >= 15 is 0 Å². The molecule has 1 aromatic heterocycles. The molecule has 2 rings (SSSR count). The minimum atomic E-state index is -0.271. The molecule has 2 aromatic rings. The number of hydrogen-bond donors (Lipinski definition) is 2. The number of benzene rings is 1. The second kappa shape index (κ2) is 5.82. The van der Waals surface area contributed by atoms with Gasteiger partial charge in [0, 0.05) is 11.9 Å². The molecule has 4 nitrogen and oxygen atoms in total. The van der Waals surface area contributed by atoms with E-state index in [9.17, 15) is 4.79 Å². The van der Waals surface area contributed by atoms with Crippen molar-refractivity contribution < 1.29 is 4.79 Å². The van der Waals surface area contributed by atoms with E-state index in [2.05, 4.69) is 22.5 Å². The van der Waals surface area contributed by atoms with Crippen LogP contribution < -0.4 is 10.6 Å². The molecule has 4 heteroatoms. The van der Waals surface area contributed by atoms with E-state index in [4.69, 9.17) is 0 Å². The van der Waals surface area contributed by atoms with Crippen molar-refractivity contribution in [1.29, 1.82) is 0 Å². The molecular weight excluding hydrogens is 226 g/mol. The van der Waals surface area contributed by atoms with Crippen LogP contribution in [0.3, 0.4) is 0 Å². The lowest BCUT2D eigenvalue weighted by atomic mass is 10.1. The fourth-order valence-electron chi connectivity index (χ4n) is 1.55. The molecule has 2 N–H and O–H groups in total. The number of urea groups is 1. The maximum atomic E-state index is 11.7. The van der Waals surface area contributed by atoms with Gasteiger partial charge in [0.1, 0.15) is 0 Å². The number of aryl methyl sites for hydroxylation is 1. The Morgan fingerprint density at radius 3 is 2.44 bits per heavy atom. The highest BCUT2D eigenvalue weighted by Crippen LogP contribution is 2.11. The molecule has 0 bridgehead atoms. The molecule has 0 aliphatic heterocycles. The highest BCUT2D eigenvalue weighted by molar-refractivity contribution is 5.99. The summed E-state index contributed by atoms with van der Waals surface area (Å²) >= 11 is 0. The number of carbonyl (C=O) groups is 1. The number of nitrogens with one attached hydrogen (secondary N) is 2. The minimum Gasteiger partial charge on any atom is -0.308 e. The van der Waals surface area contributed by atoms with Crippen molar-refractivity contribution in [3.63, 3.8) is 0 Å². The largest absolute Gasteiger partial charge is 0.323 e. The van der Waals surface area contributed by atoms with Crippen LogP contribution in [0.2, 0.25) is 0 Å². The molecule has 0 unspecified atom stereocenters. The van der Waals surface area contributed by atoms with Crippen molar-refractivity contribution in [1.82, 2.24) is 4.98 Å². The van der Waals surface area contributed by atoms with Gasteiger partial charge in [0.05, 0.1) is 11.9 Å². The standard InChI is InChI=1S/C14H15N3O/c1-2-11-5-7-12(8-6-11)16-14(18)17-13-4-3-9-15-10-13/h3-10H,2H2,1H3,(H2,16,17,18). The summed E-state index contributed by atoms with van der Waals surface area (Å²) in [5, 5.41) is 5.47. The maximum Gasteiger partial charge on any atom is 0.323 e. The van der Waals surface area contributed by atoms with Gasteiger partial charge in [-0.2, -0.15) is 0 Å². The number of pyridine rings is 1. The Labute approximate surface area is 106 Å². The van der Waals surface area contributed by atoms with Gasteiger partial charge in [-0.05, 0) is 36.2 Å². The van der Waals surface area contributed by atoms with E-state index in [1.165, 1.54) is 5.56 Å². The predicted molar refractivity (Wildman–Crippen MR) is 72.7 cm³/mol. The molecular formula is C14H15N3O. The van der Waals surface area contributed by atoms with Crippen LogP contribution in [0.25, 0.3) is 0 Å². The van der Waals surface area contributed by atoms with Crippen LogP contribution in [-0.2, 0) is 6.42 Å². The normalized spacial score (nSPS) is 9.83. The number of aromatic nitrogens is 1. The molecule has 2 amide bonds. The fraction of sp³-hybridized carbons (Fsp3) is 0.143. The van der Waals surface area contributed by atoms with Crippen LogP contribution in [0, 0.1) is 0 Å². The third-order valence-corrected chi connectivity index (χ3v) is 2.54. The van der Waals surface area contributed by atoms with Gasteiger partial charge in [-0.15, -0.1) is 0 Å². The van der Waals surface area contributed by atoms with Gasteiger partial charge in [0.15, 0.2) is 0 Å². The van der Waals surface area contributed by atoms with Crippen LogP contribution in [0.4, 0.5) is 16.2 Å². The molecule has 0 saturated heterocycles. The van der Waals surface area contributed by atoms with Gasteiger partial charge in [-0.3, -0.25) is 4.98 Å². The zero-order valence-corrected chi connectivity index (χ0v) is 10.2. The summed E-state index contributed by atoms with van der Waals surface area (Å²) in [6.45, 7) is 2.09. The van der Waals surface area contributed by atoms with E-state index in [-0.39, 0.29) is 6.03 Å². The Morgan fingerprint density at radius 2 is 1.83 bits per heavy atom. The number of hydrogen-bond acceptors (Lipinski definition) is 2. The van der Waals surface area contributed by atoms with Gasteiger partial charge < -0.3 is 10.6 Å². The third-order valence-electron chi connectivity index (χ3n) is 2.54. The molecule has 0 aliphatic rings. The first-order valence-corrected chi connectivity index (χ1v) is 5.85. The summed E-state index contributed by atoms with van der Waals surface area (Å²) < 4.78 is 0. The average Bonchev–Trinajstić information content (AvgIpc) is 2.40. The first-order chi connectivity index (χ1) is 8.78. The quantitative estimate of drug-likeness (QED) is 0.866. The Kier molecular flexibility index (Phi) is 3.91. The monoisotopic (exact) mass is 241 g/mol. The average molecular weight is 241 g/mol. The predicted octanol–water partition coefficient (Wildman–Crippen LogP) is 3.29. The molecule has 92 valence electrons. The van der Waals surface area contributed by atoms with Crippen molar-refractivity contribution in [2.24, 2.45) is 0 Å². The molecule has 0 fully saturated rings. The molecule has 1 heterocycles. The van der Waals surface area contributed by atoms with Crippen LogP contribution in [-0.4, -0.2) is 11.0 Å². The van der Waals surface area contributed by atoms with Crippen LogP contribution in [0.5, 0.6) is 0 Å². The van der Waals surface area contributed by atoms with Crippen molar-refractivity contribution >= 4 is 17.4 Å². The minimum absolute atomic E-state index is 0.271. The number of anilines is 2. The van der Waals surface area contributed by atoms with Crippen LogP contribution >= 0.6 is 0 Å². The number of rotatable bonds is 3. The van der Waals surface area contributed by atoms with E-state index in [0.717, 1.165) is 12.1 Å². The zero-order chi connectivity index (χ0) is 12.8. The summed E-state index contributed by atoms with van der Waals surface area (Å²) in [6, 6.07) is 11.1. The molecule has 1 aromatic carbocycles. The summed E-state index contributed by atoms with van der Waals surface area (Å²) in [5.41, 5.74) is 2.68. The third kappa shape index (κ3) is 3.31. The Morgan fingerprint density at radius 1 is 1.11 bits per heavy atom. The number of nitrogens with zero attached hydrogens (tertiary/aromatic N) is 1. The van der Waals surface area contributed by atoms with E-state index in [1.54, 1.807) is 24.5 Å². The topological polar surface area (TPSA) is 54.0 Å². The Balaban J connectivity index is 1.94. The Hall–Kier alpha value is -2.36. The highest BCUT2D eigenvalue weighted by Gasteiger charge is 2.02. The van der Waals surface area contributed by atoms with Crippen LogP contribution in [0.15, 0.2) is 48.8 Å². The zero-order valence-electron chi connectivity index (χ0n) is 10.2. The van der Waals surface area contributed by atoms with Gasteiger partial charge in [-0.25, -0.2) is 4.79 Å². The lowest BCUT2D eigenvalue weighted by molar-refractivity contribution is 0.262. The smallest absolute Gasteiger partial charge is 0.308 e. The van der Waals surface area contributed by atoms with Crippen molar-refractivity contribution in [2.45, 2.75) is 13.3 Å². The van der Waals surface area contributed by atoms with Gasteiger partial charge in [0.2, 0.25) is 0 Å². The van der Waals surface area contributed by atoms with Crippen molar-refractivity contribution in [3.05, 3.63) is 54.4 Å². The van der Waals surface area contributed by atoms with Crippen molar-refractivity contribution in [2.75, 3.05) is 10.6 Å². The van der Waals surface area contributed by atoms with E-state index in [1.807, 2.05) is 24.3 Å². The Bertz CT molecular complexity index is 508. The van der Waals surface area contributed by atoms with Gasteiger partial charge in [0.25, 0.3) is 0 Å². The van der Waals surface area contributed by atoms with Crippen LogP contribution in [0.1, 0.15) is 12.5 Å². The first-order valence-electron chi connectivity index (χ1n) is 5.85. The lowest BCUT2D eigenvalue weighted by Crippen LogP contribution is -2.19. The second-order valence-corrected chi connectivity index (χ2v) is 3.87. The van der Waals surface area contributed by atoms with Gasteiger partial charge >= 0.3 is 6.03 Å².